The van der Waals surface area contributed by atoms with E-state index in [1.54, 1.807) is 24.3 Å². The van der Waals surface area contributed by atoms with Crippen molar-refractivity contribution in [3.05, 3.63) is 59.4 Å². The summed E-state index contributed by atoms with van der Waals surface area (Å²) >= 11 is 0. The van der Waals surface area contributed by atoms with Crippen LogP contribution in [0.2, 0.25) is 0 Å². The first kappa shape index (κ1) is 19.9. The summed E-state index contributed by atoms with van der Waals surface area (Å²) in [5.41, 5.74) is 1.74. The van der Waals surface area contributed by atoms with Crippen LogP contribution in [0, 0.1) is 23.4 Å². The Morgan fingerprint density at radius 3 is 2.07 bits per heavy atom. The summed E-state index contributed by atoms with van der Waals surface area (Å²) < 4.78 is 51.6. The maximum absolute atomic E-state index is 13.4. The van der Waals surface area contributed by atoms with Crippen LogP contribution >= 0.6 is 0 Å². The third kappa shape index (κ3) is 5.11. The van der Waals surface area contributed by atoms with Crippen molar-refractivity contribution < 1.29 is 22.6 Å². The Kier molecular flexibility index (Phi) is 6.91. The molecule has 0 radical (unpaired) electrons. The number of halogens is 3. The van der Waals surface area contributed by atoms with Crippen molar-refractivity contribution >= 4 is 0 Å². The van der Waals surface area contributed by atoms with Crippen LogP contribution < -0.4 is 0 Å². The van der Waals surface area contributed by atoms with Crippen LogP contribution in [0.15, 0.2) is 36.4 Å². The maximum Gasteiger partial charge on any atom is 0.194 e. The summed E-state index contributed by atoms with van der Waals surface area (Å²) in [6.45, 7) is 3.55. The lowest BCUT2D eigenvalue weighted by molar-refractivity contribution is -0.206. The standard InChI is InChI=1S/C22H25F3O2/c1-2-3-4-5-6-15-13-26-22(27-14-15)17-9-7-16(8-10-17)18-11-19(23)21(25)20(24)12-18/h7-12,15,22H,2-6,13-14H2,1H3. The molecule has 0 N–H and O–H groups in total. The molecule has 1 aliphatic rings. The fourth-order valence-electron chi connectivity index (χ4n) is 3.32. The molecular weight excluding hydrogens is 353 g/mol. The Balaban J connectivity index is 1.57. The second-order valence-corrected chi connectivity index (χ2v) is 7.09. The molecule has 146 valence electrons. The van der Waals surface area contributed by atoms with E-state index in [2.05, 4.69) is 6.92 Å². The van der Waals surface area contributed by atoms with Gasteiger partial charge in [-0.15, -0.1) is 0 Å². The van der Waals surface area contributed by atoms with Crippen LogP contribution in [-0.2, 0) is 9.47 Å². The Morgan fingerprint density at radius 1 is 0.852 bits per heavy atom. The SMILES string of the molecule is CCCCCCC1COC(c2ccc(-c3cc(F)c(F)c(F)c3)cc2)OC1. The van der Waals surface area contributed by atoms with Gasteiger partial charge in [0.1, 0.15) is 0 Å². The predicted octanol–water partition coefficient (Wildman–Crippen LogP) is 6.40. The molecule has 0 atom stereocenters. The first-order chi connectivity index (χ1) is 13.1. The largest absolute Gasteiger partial charge is 0.348 e. The number of benzene rings is 2. The number of hydrogen-bond acceptors (Lipinski definition) is 2. The maximum atomic E-state index is 13.4. The predicted molar refractivity (Wildman–Crippen MR) is 98.6 cm³/mol. The van der Waals surface area contributed by atoms with Crippen molar-refractivity contribution in [2.45, 2.75) is 45.3 Å². The second kappa shape index (κ2) is 9.38. The van der Waals surface area contributed by atoms with E-state index in [1.807, 2.05) is 0 Å². The van der Waals surface area contributed by atoms with Gasteiger partial charge in [0.05, 0.1) is 13.2 Å². The molecule has 0 aromatic heterocycles. The Hall–Kier alpha value is -1.85. The molecule has 2 aromatic rings. The highest BCUT2D eigenvalue weighted by Gasteiger charge is 2.23. The molecular formula is C22H25F3O2. The van der Waals surface area contributed by atoms with Gasteiger partial charge in [0.2, 0.25) is 0 Å². The third-order valence-corrected chi connectivity index (χ3v) is 4.93. The van der Waals surface area contributed by atoms with Crippen molar-refractivity contribution in [2.24, 2.45) is 5.92 Å². The van der Waals surface area contributed by atoms with Crippen molar-refractivity contribution in [1.29, 1.82) is 0 Å². The monoisotopic (exact) mass is 378 g/mol. The molecule has 2 nitrogen and oxygen atoms in total. The van der Waals surface area contributed by atoms with Gasteiger partial charge < -0.3 is 9.47 Å². The number of hydrogen-bond donors (Lipinski definition) is 0. The van der Waals surface area contributed by atoms with E-state index in [1.165, 1.54) is 25.7 Å². The molecule has 0 aliphatic carbocycles. The summed E-state index contributed by atoms with van der Waals surface area (Å²) in [5.74, 6) is -3.41. The van der Waals surface area contributed by atoms with Gasteiger partial charge in [0, 0.05) is 11.5 Å². The average Bonchev–Trinajstić information content (AvgIpc) is 2.70. The topological polar surface area (TPSA) is 18.5 Å². The van der Waals surface area contributed by atoms with E-state index in [0.29, 0.717) is 24.7 Å². The highest BCUT2D eigenvalue weighted by molar-refractivity contribution is 5.64. The van der Waals surface area contributed by atoms with Crippen LogP contribution in [0.3, 0.4) is 0 Å². The van der Waals surface area contributed by atoms with E-state index in [9.17, 15) is 13.2 Å². The average molecular weight is 378 g/mol. The molecule has 3 rings (SSSR count). The van der Waals surface area contributed by atoms with Gasteiger partial charge >= 0.3 is 0 Å². The minimum atomic E-state index is -1.45. The van der Waals surface area contributed by atoms with Gasteiger partial charge in [0.25, 0.3) is 0 Å². The summed E-state index contributed by atoms with van der Waals surface area (Å²) in [5, 5.41) is 0. The number of unbranched alkanes of at least 4 members (excludes halogenated alkanes) is 3. The van der Waals surface area contributed by atoms with Gasteiger partial charge in [0.15, 0.2) is 23.7 Å². The second-order valence-electron chi connectivity index (χ2n) is 7.09. The molecule has 27 heavy (non-hydrogen) atoms. The van der Waals surface area contributed by atoms with Crippen LogP contribution in [-0.4, -0.2) is 13.2 Å². The molecule has 5 heteroatoms. The summed E-state index contributed by atoms with van der Waals surface area (Å²) in [4.78, 5) is 0. The summed E-state index contributed by atoms with van der Waals surface area (Å²) in [6, 6.07) is 9.05. The normalized spacial score (nSPS) is 20.0. The van der Waals surface area contributed by atoms with E-state index in [0.717, 1.165) is 24.1 Å². The van der Waals surface area contributed by atoms with Crippen molar-refractivity contribution in [2.75, 3.05) is 13.2 Å². The molecule has 0 amide bonds. The Labute approximate surface area is 158 Å². The zero-order chi connectivity index (χ0) is 19.2. The third-order valence-electron chi connectivity index (χ3n) is 4.93. The van der Waals surface area contributed by atoms with Crippen molar-refractivity contribution in [3.8, 4) is 11.1 Å². The minimum absolute atomic E-state index is 0.288. The van der Waals surface area contributed by atoms with E-state index >= 15 is 0 Å². The molecule has 1 fully saturated rings. The lowest BCUT2D eigenvalue weighted by Crippen LogP contribution is -2.27. The molecule has 0 unspecified atom stereocenters. The lowest BCUT2D eigenvalue weighted by atomic mass is 10.0. The highest BCUT2D eigenvalue weighted by Crippen LogP contribution is 2.30. The molecule has 2 aromatic carbocycles. The zero-order valence-corrected chi connectivity index (χ0v) is 15.5. The van der Waals surface area contributed by atoms with Crippen LogP contribution in [0.5, 0.6) is 0 Å². The van der Waals surface area contributed by atoms with E-state index in [-0.39, 0.29) is 5.56 Å². The fourth-order valence-corrected chi connectivity index (χ4v) is 3.32. The Morgan fingerprint density at radius 2 is 1.48 bits per heavy atom. The van der Waals surface area contributed by atoms with Crippen molar-refractivity contribution in [1.82, 2.24) is 0 Å². The van der Waals surface area contributed by atoms with Crippen LogP contribution in [0.1, 0.15) is 50.9 Å². The number of ether oxygens (including phenoxy) is 2. The van der Waals surface area contributed by atoms with E-state index < -0.39 is 23.7 Å². The minimum Gasteiger partial charge on any atom is -0.348 e. The smallest absolute Gasteiger partial charge is 0.194 e. The molecule has 1 saturated heterocycles. The molecule has 0 bridgehead atoms. The van der Waals surface area contributed by atoms with Gasteiger partial charge in [-0.2, -0.15) is 0 Å². The van der Waals surface area contributed by atoms with Gasteiger partial charge in [-0.1, -0.05) is 56.9 Å². The van der Waals surface area contributed by atoms with E-state index in [4.69, 9.17) is 9.47 Å². The molecule has 0 saturated carbocycles. The first-order valence-electron chi connectivity index (χ1n) is 9.56. The molecule has 0 spiro atoms. The van der Waals surface area contributed by atoms with Gasteiger partial charge in [-0.25, -0.2) is 13.2 Å². The van der Waals surface area contributed by atoms with Gasteiger partial charge in [-0.3, -0.25) is 0 Å². The summed E-state index contributed by atoms with van der Waals surface area (Å²) in [6.07, 6.45) is 5.65. The highest BCUT2D eigenvalue weighted by atomic mass is 19.2. The quantitative estimate of drug-likeness (QED) is 0.410. The van der Waals surface area contributed by atoms with Gasteiger partial charge in [-0.05, 0) is 29.7 Å². The first-order valence-corrected chi connectivity index (χ1v) is 9.56. The zero-order valence-electron chi connectivity index (χ0n) is 15.5. The lowest BCUT2D eigenvalue weighted by Gasteiger charge is -2.29. The fraction of sp³-hybridized carbons (Fsp3) is 0.455. The Bertz CT molecular complexity index is 715. The summed E-state index contributed by atoms with van der Waals surface area (Å²) in [7, 11) is 0. The van der Waals surface area contributed by atoms with Crippen molar-refractivity contribution in [3.63, 3.8) is 0 Å². The van der Waals surface area contributed by atoms with Crippen LogP contribution in [0.4, 0.5) is 13.2 Å². The number of rotatable bonds is 7. The van der Waals surface area contributed by atoms with Crippen LogP contribution in [0.25, 0.3) is 11.1 Å². The molecule has 1 heterocycles. The molecule has 1 aliphatic heterocycles.